The first kappa shape index (κ1) is 10.4. The SMILES string of the molecule is Cc1nc2sccn2c1C(N)C(F)(F)F. The molecule has 0 aliphatic rings. The highest BCUT2D eigenvalue weighted by Crippen LogP contribution is 2.33. The van der Waals surface area contributed by atoms with Crippen LogP contribution in [0.1, 0.15) is 17.4 Å². The zero-order valence-electron chi connectivity index (χ0n) is 7.75. The molecule has 1 atom stereocenters. The van der Waals surface area contributed by atoms with E-state index in [1.54, 1.807) is 11.6 Å². The number of hydrogen-bond acceptors (Lipinski definition) is 3. The number of imidazole rings is 1. The second kappa shape index (κ2) is 3.21. The van der Waals surface area contributed by atoms with E-state index < -0.39 is 12.2 Å². The minimum atomic E-state index is -4.44. The van der Waals surface area contributed by atoms with Gasteiger partial charge in [-0.25, -0.2) is 4.98 Å². The lowest BCUT2D eigenvalue weighted by molar-refractivity contribution is -0.150. The van der Waals surface area contributed by atoms with Gasteiger partial charge in [-0.15, -0.1) is 11.3 Å². The van der Waals surface area contributed by atoms with Crippen molar-refractivity contribution in [2.24, 2.45) is 5.73 Å². The van der Waals surface area contributed by atoms with Crippen molar-refractivity contribution in [1.29, 1.82) is 0 Å². The lowest BCUT2D eigenvalue weighted by atomic mass is 10.2. The molecule has 0 fully saturated rings. The van der Waals surface area contributed by atoms with Crippen LogP contribution in [0.4, 0.5) is 13.2 Å². The molecule has 0 radical (unpaired) electrons. The largest absolute Gasteiger partial charge is 0.409 e. The van der Waals surface area contributed by atoms with Gasteiger partial charge >= 0.3 is 6.18 Å². The van der Waals surface area contributed by atoms with Crippen molar-refractivity contribution in [3.8, 4) is 0 Å². The Balaban J connectivity index is 2.59. The van der Waals surface area contributed by atoms with E-state index in [-0.39, 0.29) is 5.69 Å². The molecule has 2 rings (SSSR count). The quantitative estimate of drug-likeness (QED) is 0.823. The summed E-state index contributed by atoms with van der Waals surface area (Å²) in [6.07, 6.45) is -2.90. The molecule has 2 heterocycles. The van der Waals surface area contributed by atoms with Crippen LogP contribution in [-0.2, 0) is 0 Å². The highest BCUT2D eigenvalue weighted by molar-refractivity contribution is 7.15. The fraction of sp³-hybridized carbons (Fsp3) is 0.375. The predicted octanol–water partition coefficient (Wildman–Crippen LogP) is 2.27. The number of alkyl halides is 3. The molecule has 0 amide bonds. The maximum absolute atomic E-state index is 12.5. The van der Waals surface area contributed by atoms with Crippen LogP contribution in [0.15, 0.2) is 11.6 Å². The molecule has 0 aliphatic heterocycles. The Labute approximate surface area is 87.3 Å². The molecule has 0 aromatic carbocycles. The van der Waals surface area contributed by atoms with Crippen molar-refractivity contribution in [3.63, 3.8) is 0 Å². The summed E-state index contributed by atoms with van der Waals surface area (Å²) in [5, 5.41) is 1.67. The van der Waals surface area contributed by atoms with Gasteiger partial charge in [-0.3, -0.25) is 4.40 Å². The van der Waals surface area contributed by atoms with Crippen molar-refractivity contribution in [2.45, 2.75) is 19.1 Å². The lowest BCUT2D eigenvalue weighted by Crippen LogP contribution is -2.30. The van der Waals surface area contributed by atoms with Gasteiger partial charge in [0, 0.05) is 11.6 Å². The summed E-state index contributed by atoms with van der Waals surface area (Å²) < 4.78 is 38.8. The number of aromatic nitrogens is 2. The van der Waals surface area contributed by atoms with Gasteiger partial charge in [0.25, 0.3) is 0 Å². The smallest absolute Gasteiger partial charge is 0.315 e. The topological polar surface area (TPSA) is 43.3 Å². The number of thiazole rings is 1. The Morgan fingerprint density at radius 2 is 2.20 bits per heavy atom. The highest BCUT2D eigenvalue weighted by atomic mass is 32.1. The third-order valence-electron chi connectivity index (χ3n) is 2.13. The van der Waals surface area contributed by atoms with E-state index in [4.69, 9.17) is 5.73 Å². The molecule has 0 saturated carbocycles. The Morgan fingerprint density at radius 3 is 2.80 bits per heavy atom. The van der Waals surface area contributed by atoms with E-state index in [0.717, 1.165) is 0 Å². The Kier molecular flexibility index (Phi) is 2.23. The average Bonchev–Trinajstić information content (AvgIpc) is 2.60. The number of rotatable bonds is 1. The van der Waals surface area contributed by atoms with E-state index in [1.807, 2.05) is 0 Å². The second-order valence-electron chi connectivity index (χ2n) is 3.16. The van der Waals surface area contributed by atoms with Gasteiger partial charge < -0.3 is 5.73 Å². The zero-order chi connectivity index (χ0) is 11.2. The Bertz CT molecular complexity index is 485. The molecule has 0 aliphatic carbocycles. The van der Waals surface area contributed by atoms with E-state index in [2.05, 4.69) is 4.98 Å². The monoisotopic (exact) mass is 235 g/mol. The third kappa shape index (κ3) is 1.61. The van der Waals surface area contributed by atoms with Crippen LogP contribution >= 0.6 is 11.3 Å². The van der Waals surface area contributed by atoms with Gasteiger partial charge in [-0.1, -0.05) is 0 Å². The van der Waals surface area contributed by atoms with E-state index in [0.29, 0.717) is 10.7 Å². The molecule has 0 bridgehead atoms. The molecule has 2 aromatic heterocycles. The molecular weight excluding hydrogens is 227 g/mol. The fourth-order valence-electron chi connectivity index (χ4n) is 1.44. The van der Waals surface area contributed by atoms with Crippen molar-refractivity contribution >= 4 is 16.3 Å². The molecule has 15 heavy (non-hydrogen) atoms. The van der Waals surface area contributed by atoms with Crippen molar-refractivity contribution in [1.82, 2.24) is 9.38 Å². The van der Waals surface area contributed by atoms with Gasteiger partial charge in [0.15, 0.2) is 4.96 Å². The van der Waals surface area contributed by atoms with Crippen LogP contribution in [-0.4, -0.2) is 15.6 Å². The maximum atomic E-state index is 12.5. The fourth-order valence-corrected chi connectivity index (χ4v) is 2.21. The van der Waals surface area contributed by atoms with Crippen molar-refractivity contribution < 1.29 is 13.2 Å². The summed E-state index contributed by atoms with van der Waals surface area (Å²) in [7, 11) is 0. The predicted molar refractivity (Wildman–Crippen MR) is 50.8 cm³/mol. The van der Waals surface area contributed by atoms with Gasteiger partial charge in [0.05, 0.1) is 11.4 Å². The van der Waals surface area contributed by atoms with Gasteiger partial charge in [-0.05, 0) is 6.92 Å². The standard InChI is InChI=1S/C8H8F3N3S/c1-4-5(6(12)8(9,10)11)14-2-3-15-7(14)13-4/h2-3,6H,12H2,1H3. The van der Waals surface area contributed by atoms with Crippen LogP contribution in [0.2, 0.25) is 0 Å². The molecule has 1 unspecified atom stereocenters. The van der Waals surface area contributed by atoms with Gasteiger partial charge in [0.1, 0.15) is 6.04 Å². The second-order valence-corrected chi connectivity index (χ2v) is 4.03. The van der Waals surface area contributed by atoms with E-state index >= 15 is 0 Å². The minimum absolute atomic E-state index is 0.0127. The van der Waals surface area contributed by atoms with Crippen LogP contribution in [0.25, 0.3) is 4.96 Å². The van der Waals surface area contributed by atoms with Gasteiger partial charge in [0.2, 0.25) is 0 Å². The van der Waals surface area contributed by atoms with E-state index in [9.17, 15) is 13.2 Å². The molecule has 7 heteroatoms. The Hall–Kier alpha value is -1.08. The number of halogens is 3. The Morgan fingerprint density at radius 1 is 1.53 bits per heavy atom. The van der Waals surface area contributed by atoms with E-state index in [1.165, 1.54) is 22.7 Å². The minimum Gasteiger partial charge on any atom is -0.315 e. The summed E-state index contributed by atoms with van der Waals surface area (Å²) >= 11 is 1.28. The average molecular weight is 235 g/mol. The first-order chi connectivity index (χ1) is 6.91. The normalized spacial score (nSPS) is 14.7. The van der Waals surface area contributed by atoms with Crippen molar-refractivity contribution in [2.75, 3.05) is 0 Å². The van der Waals surface area contributed by atoms with Crippen LogP contribution in [0.3, 0.4) is 0 Å². The van der Waals surface area contributed by atoms with Crippen LogP contribution in [0, 0.1) is 6.92 Å². The number of nitrogens with two attached hydrogens (primary N) is 1. The summed E-state index contributed by atoms with van der Waals surface area (Å²) in [6.45, 7) is 1.53. The molecule has 0 spiro atoms. The maximum Gasteiger partial charge on any atom is 0.409 e. The molecule has 0 saturated heterocycles. The molecular formula is C8H8F3N3S. The van der Waals surface area contributed by atoms with Crippen LogP contribution in [0.5, 0.6) is 0 Å². The molecule has 3 nitrogen and oxygen atoms in total. The molecule has 2 aromatic rings. The number of hydrogen-bond donors (Lipinski definition) is 1. The lowest BCUT2D eigenvalue weighted by Gasteiger charge is -2.15. The first-order valence-electron chi connectivity index (χ1n) is 4.15. The summed E-state index contributed by atoms with van der Waals surface area (Å²) in [6, 6.07) is -1.98. The summed E-state index contributed by atoms with van der Waals surface area (Å²) in [5.41, 5.74) is 5.50. The number of aryl methyl sites for hydroxylation is 1. The number of fused-ring (bicyclic) bond motifs is 1. The third-order valence-corrected chi connectivity index (χ3v) is 2.89. The van der Waals surface area contributed by atoms with Crippen LogP contribution < -0.4 is 5.73 Å². The molecule has 2 N–H and O–H groups in total. The van der Waals surface area contributed by atoms with Gasteiger partial charge in [-0.2, -0.15) is 13.2 Å². The number of nitrogens with zero attached hydrogens (tertiary/aromatic N) is 2. The summed E-state index contributed by atoms with van der Waals surface area (Å²) in [4.78, 5) is 4.54. The zero-order valence-corrected chi connectivity index (χ0v) is 8.56. The van der Waals surface area contributed by atoms with Crippen molar-refractivity contribution in [3.05, 3.63) is 23.0 Å². The highest BCUT2D eigenvalue weighted by Gasteiger charge is 2.40. The first-order valence-corrected chi connectivity index (χ1v) is 5.03. The molecule has 82 valence electrons. The summed E-state index contributed by atoms with van der Waals surface area (Å²) in [5.74, 6) is 0.